The fourth-order valence-corrected chi connectivity index (χ4v) is 6.55. The molecule has 208 valence electrons. The minimum atomic E-state index is -3.25. The third-order valence-electron chi connectivity index (χ3n) is 6.97. The van der Waals surface area contributed by atoms with Crippen LogP contribution in [0.3, 0.4) is 0 Å². The van der Waals surface area contributed by atoms with Gasteiger partial charge in [-0.2, -0.15) is 9.97 Å². The lowest BCUT2D eigenvalue weighted by molar-refractivity contribution is 0.0531. The number of hydrogen-bond donors (Lipinski definition) is 1. The molecule has 5 rings (SSSR count). The topological polar surface area (TPSA) is 118 Å². The molecule has 2 aliphatic rings. The predicted molar refractivity (Wildman–Crippen MR) is 153 cm³/mol. The molecule has 2 aliphatic heterocycles. The Morgan fingerprint density at radius 1 is 1.03 bits per heavy atom. The summed E-state index contributed by atoms with van der Waals surface area (Å²) in [5.74, 6) is 1.90. The molecule has 0 amide bonds. The van der Waals surface area contributed by atoms with Gasteiger partial charge in [-0.05, 0) is 63.6 Å². The number of carbonyl (C=O) groups excluding carboxylic acids is 1. The first kappa shape index (κ1) is 27.3. The molecule has 12 heteroatoms. The number of thiazole rings is 1. The number of fused-ring (bicyclic) bond motifs is 1. The maximum Gasteiger partial charge on any atom is 0.350 e. The molecule has 0 aliphatic carbocycles. The van der Waals surface area contributed by atoms with Crippen LogP contribution in [0.2, 0.25) is 0 Å². The predicted octanol–water partition coefficient (Wildman–Crippen LogP) is 4.51. The maximum atomic E-state index is 12.3. The van der Waals surface area contributed by atoms with Gasteiger partial charge in [-0.1, -0.05) is 23.5 Å². The SMILES string of the molecule is CCOC(=O)c1sc(Nc2nc(N3CCCCC3)c3c(n2)N(Cc2ccc(S(C)(=O)=O)cc2)CCC3)nc1C. The molecular weight excluding hydrogens is 536 g/mol. The Morgan fingerprint density at radius 3 is 2.44 bits per heavy atom. The number of aromatic nitrogens is 3. The Morgan fingerprint density at radius 2 is 1.74 bits per heavy atom. The van der Waals surface area contributed by atoms with Crippen molar-refractivity contribution in [1.82, 2.24) is 15.0 Å². The molecule has 1 N–H and O–H groups in total. The van der Waals surface area contributed by atoms with Crippen LogP contribution in [0.15, 0.2) is 29.2 Å². The maximum absolute atomic E-state index is 12.3. The van der Waals surface area contributed by atoms with Gasteiger partial charge in [-0.25, -0.2) is 18.2 Å². The average Bonchev–Trinajstić information content (AvgIpc) is 3.29. The van der Waals surface area contributed by atoms with Gasteiger partial charge in [-0.15, -0.1) is 0 Å². The third kappa shape index (κ3) is 6.17. The molecule has 10 nitrogen and oxygen atoms in total. The van der Waals surface area contributed by atoms with Crippen LogP contribution in [0.4, 0.5) is 22.7 Å². The number of anilines is 4. The zero-order chi connectivity index (χ0) is 27.6. The standard InChI is InChI=1S/C27H34N6O4S2/c1-4-37-25(34)22-18(2)28-27(38-22)31-26-29-23(32-14-6-5-7-15-32)21-9-8-16-33(24(21)30-26)17-19-10-12-20(13-11-19)39(3,35)36/h10-13H,4-9,14-17H2,1-3H3,(H,28,29,30,31). The van der Waals surface area contributed by atoms with E-state index in [1.807, 2.05) is 12.1 Å². The number of benzene rings is 1. The van der Waals surface area contributed by atoms with Crippen LogP contribution in [0.25, 0.3) is 0 Å². The molecule has 1 aromatic carbocycles. The Bertz CT molecular complexity index is 1450. The zero-order valence-electron chi connectivity index (χ0n) is 22.6. The van der Waals surface area contributed by atoms with Crippen molar-refractivity contribution in [2.75, 3.05) is 47.6 Å². The van der Waals surface area contributed by atoms with Crippen molar-refractivity contribution in [2.24, 2.45) is 0 Å². The number of piperidine rings is 1. The number of esters is 1. The molecule has 1 fully saturated rings. The molecule has 39 heavy (non-hydrogen) atoms. The Hall–Kier alpha value is -3.25. The van der Waals surface area contributed by atoms with Crippen LogP contribution in [-0.2, 0) is 27.5 Å². The van der Waals surface area contributed by atoms with E-state index in [4.69, 9.17) is 14.7 Å². The molecule has 2 aromatic heterocycles. The number of ether oxygens (including phenoxy) is 1. The first-order chi connectivity index (χ1) is 18.7. The summed E-state index contributed by atoms with van der Waals surface area (Å²) in [4.78, 5) is 32.1. The molecule has 0 spiro atoms. The molecule has 3 aromatic rings. The Kier molecular flexibility index (Phi) is 8.03. The van der Waals surface area contributed by atoms with Crippen LogP contribution in [0.5, 0.6) is 0 Å². The number of hydrogen-bond acceptors (Lipinski definition) is 11. The lowest BCUT2D eigenvalue weighted by Crippen LogP contribution is -2.35. The summed E-state index contributed by atoms with van der Waals surface area (Å²) in [6.07, 6.45) is 6.59. The van der Waals surface area contributed by atoms with Gasteiger partial charge in [0.05, 0.1) is 17.2 Å². The van der Waals surface area contributed by atoms with Gasteiger partial charge in [0.15, 0.2) is 15.0 Å². The van der Waals surface area contributed by atoms with Crippen molar-refractivity contribution >= 4 is 49.9 Å². The number of sulfone groups is 1. The van der Waals surface area contributed by atoms with E-state index in [-0.39, 0.29) is 5.97 Å². The van der Waals surface area contributed by atoms with E-state index in [0.29, 0.717) is 39.7 Å². The monoisotopic (exact) mass is 570 g/mol. The largest absolute Gasteiger partial charge is 0.462 e. The fraction of sp³-hybridized carbons (Fsp3) is 0.481. The molecular formula is C27H34N6O4S2. The summed E-state index contributed by atoms with van der Waals surface area (Å²) in [7, 11) is -3.25. The van der Waals surface area contributed by atoms with E-state index in [9.17, 15) is 13.2 Å². The molecule has 0 bridgehead atoms. The van der Waals surface area contributed by atoms with E-state index in [0.717, 1.165) is 68.1 Å². The summed E-state index contributed by atoms with van der Waals surface area (Å²) >= 11 is 1.23. The number of rotatable bonds is 8. The number of aryl methyl sites for hydroxylation is 1. The Balaban J connectivity index is 1.48. The lowest BCUT2D eigenvalue weighted by atomic mass is 10.0. The van der Waals surface area contributed by atoms with Gasteiger partial charge < -0.3 is 14.5 Å². The van der Waals surface area contributed by atoms with Crippen molar-refractivity contribution in [3.63, 3.8) is 0 Å². The molecule has 0 unspecified atom stereocenters. The molecule has 0 saturated carbocycles. The summed E-state index contributed by atoms with van der Waals surface area (Å²) < 4.78 is 29.0. The smallest absolute Gasteiger partial charge is 0.350 e. The van der Waals surface area contributed by atoms with Crippen LogP contribution in [0.1, 0.15) is 59.1 Å². The van der Waals surface area contributed by atoms with E-state index in [1.165, 1.54) is 24.0 Å². The Labute approximate surface area is 233 Å². The van der Waals surface area contributed by atoms with E-state index >= 15 is 0 Å². The van der Waals surface area contributed by atoms with Crippen molar-refractivity contribution in [3.05, 3.63) is 46.0 Å². The zero-order valence-corrected chi connectivity index (χ0v) is 24.2. The highest BCUT2D eigenvalue weighted by atomic mass is 32.2. The van der Waals surface area contributed by atoms with Crippen LogP contribution in [0, 0.1) is 6.92 Å². The average molecular weight is 571 g/mol. The van der Waals surface area contributed by atoms with Crippen LogP contribution < -0.4 is 15.1 Å². The van der Waals surface area contributed by atoms with Crippen molar-refractivity contribution in [1.29, 1.82) is 0 Å². The third-order valence-corrected chi connectivity index (χ3v) is 9.16. The minimum Gasteiger partial charge on any atom is -0.462 e. The van der Waals surface area contributed by atoms with Crippen LogP contribution in [-0.4, -0.2) is 61.8 Å². The number of nitrogens with zero attached hydrogens (tertiary/aromatic N) is 5. The van der Waals surface area contributed by atoms with E-state index in [2.05, 4.69) is 20.1 Å². The highest BCUT2D eigenvalue weighted by Gasteiger charge is 2.28. The summed E-state index contributed by atoms with van der Waals surface area (Å²) in [6.45, 7) is 7.23. The lowest BCUT2D eigenvalue weighted by Gasteiger charge is -2.35. The van der Waals surface area contributed by atoms with Crippen molar-refractivity contribution in [2.45, 2.75) is 57.4 Å². The second kappa shape index (κ2) is 11.5. The van der Waals surface area contributed by atoms with Gasteiger partial charge in [0.2, 0.25) is 5.95 Å². The highest BCUT2D eigenvalue weighted by molar-refractivity contribution is 7.90. The summed E-state index contributed by atoms with van der Waals surface area (Å²) in [5.41, 5.74) is 2.76. The van der Waals surface area contributed by atoms with Crippen LogP contribution >= 0.6 is 11.3 Å². The normalized spacial score (nSPS) is 15.7. The van der Waals surface area contributed by atoms with Gasteiger partial charge in [0.25, 0.3) is 0 Å². The quantitative estimate of drug-likeness (QED) is 0.388. The first-order valence-electron chi connectivity index (χ1n) is 13.3. The van der Waals surface area contributed by atoms with Crippen molar-refractivity contribution < 1.29 is 17.9 Å². The molecule has 1 saturated heterocycles. The molecule has 0 radical (unpaired) electrons. The molecule has 0 atom stereocenters. The van der Waals surface area contributed by atoms with Gasteiger partial charge in [0.1, 0.15) is 16.5 Å². The second-order valence-electron chi connectivity index (χ2n) is 9.94. The number of nitrogens with one attached hydrogen (secondary N) is 1. The number of carbonyl (C=O) groups is 1. The van der Waals surface area contributed by atoms with E-state index in [1.54, 1.807) is 26.0 Å². The van der Waals surface area contributed by atoms with Crippen molar-refractivity contribution in [3.8, 4) is 0 Å². The van der Waals surface area contributed by atoms with Gasteiger partial charge >= 0.3 is 5.97 Å². The fourth-order valence-electron chi connectivity index (χ4n) is 5.07. The van der Waals surface area contributed by atoms with Gasteiger partial charge in [-0.3, -0.25) is 5.32 Å². The second-order valence-corrected chi connectivity index (χ2v) is 13.0. The first-order valence-corrected chi connectivity index (χ1v) is 16.0. The van der Waals surface area contributed by atoms with E-state index < -0.39 is 9.84 Å². The minimum absolute atomic E-state index is 0.304. The van der Waals surface area contributed by atoms with Gasteiger partial charge in [0, 0.05) is 38.0 Å². The molecule has 4 heterocycles. The summed E-state index contributed by atoms with van der Waals surface area (Å²) in [6, 6.07) is 7.05. The highest BCUT2D eigenvalue weighted by Crippen LogP contribution is 2.36. The summed E-state index contributed by atoms with van der Waals surface area (Å²) in [5, 5.41) is 3.80.